The normalized spacial score (nSPS) is 11.7. The average molecular weight is 515 g/mol. The molecule has 8 nitrogen and oxygen atoms in total. The predicted molar refractivity (Wildman–Crippen MR) is 141 cm³/mol. The highest BCUT2D eigenvalue weighted by Crippen LogP contribution is 2.29. The summed E-state index contributed by atoms with van der Waals surface area (Å²) in [5, 5.41) is 1.19. The van der Waals surface area contributed by atoms with Crippen LogP contribution in [0.25, 0.3) is 34.0 Å². The van der Waals surface area contributed by atoms with E-state index in [4.69, 9.17) is 13.7 Å². The summed E-state index contributed by atoms with van der Waals surface area (Å²) in [5.41, 5.74) is 1.74. The Morgan fingerprint density at radius 1 is 0.865 bits per heavy atom. The first kappa shape index (κ1) is 24.1. The molecule has 186 valence electrons. The summed E-state index contributed by atoms with van der Waals surface area (Å²) >= 11 is 0. The molecule has 4 aromatic carbocycles. The maximum Gasteiger partial charge on any atom is 0.356 e. The minimum Gasteiger partial charge on any atom is -0.493 e. The molecule has 37 heavy (non-hydrogen) atoms. The SMILES string of the molecule is COc1ccc(/C=C/c2nc3c(C(=O)OS(=O)(=O)c4cccc5ccccc45)cccc3[nH]2)cc1OC. The molecule has 0 atom stereocenters. The van der Waals surface area contributed by atoms with Crippen molar-refractivity contribution in [2.45, 2.75) is 4.90 Å². The first-order valence-electron chi connectivity index (χ1n) is 11.2. The fourth-order valence-electron chi connectivity index (χ4n) is 4.03. The summed E-state index contributed by atoms with van der Waals surface area (Å²) in [5.74, 6) is 0.666. The number of imidazole rings is 1. The molecule has 0 spiro atoms. The van der Waals surface area contributed by atoms with Gasteiger partial charge >= 0.3 is 16.1 Å². The zero-order valence-corrected chi connectivity index (χ0v) is 20.8. The van der Waals surface area contributed by atoms with Gasteiger partial charge in [-0.15, -0.1) is 0 Å². The van der Waals surface area contributed by atoms with Crippen molar-refractivity contribution in [3.8, 4) is 11.5 Å². The number of carbonyl (C=O) groups is 1. The van der Waals surface area contributed by atoms with Crippen LogP contribution in [0.15, 0.2) is 83.8 Å². The zero-order chi connectivity index (χ0) is 26.0. The van der Waals surface area contributed by atoms with Crippen molar-refractivity contribution >= 4 is 50.0 Å². The second kappa shape index (κ2) is 9.79. The fraction of sp³-hybridized carbons (Fsp3) is 0.0714. The molecule has 5 aromatic rings. The lowest BCUT2D eigenvalue weighted by atomic mass is 10.1. The number of methoxy groups -OCH3 is 2. The molecule has 0 saturated carbocycles. The van der Waals surface area contributed by atoms with Crippen LogP contribution in [0.1, 0.15) is 21.7 Å². The third-order valence-corrected chi connectivity index (χ3v) is 7.06. The minimum atomic E-state index is -4.38. The number of hydrogen-bond acceptors (Lipinski definition) is 7. The summed E-state index contributed by atoms with van der Waals surface area (Å²) in [4.78, 5) is 20.5. The number of H-pyrrole nitrogens is 1. The minimum absolute atomic E-state index is 0.0309. The van der Waals surface area contributed by atoms with E-state index in [0.29, 0.717) is 33.7 Å². The standard InChI is InChI=1S/C28H22N2O6S/c1-34-23-15-13-18(17-24(23)35-2)14-16-26-29-22-11-6-10-21(27(22)30-26)28(31)36-37(32,33)25-12-5-8-19-7-3-4-9-20(19)25/h3-17H,1-2H3,(H,29,30)/b16-14+. The molecule has 5 rings (SSSR count). The Hall–Kier alpha value is -4.63. The molecule has 1 heterocycles. The van der Waals surface area contributed by atoms with Gasteiger partial charge in [-0.25, -0.2) is 9.78 Å². The van der Waals surface area contributed by atoms with Gasteiger partial charge in [0.25, 0.3) is 0 Å². The van der Waals surface area contributed by atoms with Crippen LogP contribution in [0, 0.1) is 0 Å². The second-order valence-corrected chi connectivity index (χ2v) is 9.59. The molecule has 0 radical (unpaired) electrons. The monoisotopic (exact) mass is 514 g/mol. The van der Waals surface area contributed by atoms with E-state index in [2.05, 4.69) is 9.97 Å². The number of para-hydroxylation sites is 1. The molecular formula is C28H22N2O6S. The number of benzene rings is 4. The van der Waals surface area contributed by atoms with E-state index < -0.39 is 16.1 Å². The van der Waals surface area contributed by atoms with Crippen molar-refractivity contribution in [3.05, 3.63) is 95.8 Å². The number of aromatic amines is 1. The molecule has 0 aliphatic heterocycles. The summed E-state index contributed by atoms with van der Waals surface area (Å²) in [6.45, 7) is 0. The van der Waals surface area contributed by atoms with E-state index in [1.165, 1.54) is 12.1 Å². The smallest absolute Gasteiger partial charge is 0.356 e. The van der Waals surface area contributed by atoms with Crippen LogP contribution in [0.4, 0.5) is 0 Å². The van der Waals surface area contributed by atoms with Crippen LogP contribution < -0.4 is 9.47 Å². The Morgan fingerprint density at radius 3 is 2.43 bits per heavy atom. The number of nitrogens with zero attached hydrogens (tertiary/aromatic N) is 1. The highest BCUT2D eigenvalue weighted by atomic mass is 32.2. The van der Waals surface area contributed by atoms with E-state index in [0.717, 1.165) is 10.9 Å². The van der Waals surface area contributed by atoms with Gasteiger partial charge in [-0.3, -0.25) is 0 Å². The molecule has 1 N–H and O–H groups in total. The predicted octanol–water partition coefficient (Wildman–Crippen LogP) is 5.45. The Bertz CT molecular complexity index is 1770. The molecule has 9 heteroatoms. The maximum absolute atomic E-state index is 13.0. The van der Waals surface area contributed by atoms with Gasteiger partial charge in [0.1, 0.15) is 16.2 Å². The van der Waals surface area contributed by atoms with Crippen LogP contribution in [0.2, 0.25) is 0 Å². The molecule has 0 saturated heterocycles. The summed E-state index contributed by atoms with van der Waals surface area (Å²) in [6.07, 6.45) is 3.56. The lowest BCUT2D eigenvalue weighted by molar-refractivity contribution is 0.0748. The van der Waals surface area contributed by atoms with Gasteiger partial charge in [0.2, 0.25) is 0 Å². The highest BCUT2D eigenvalue weighted by molar-refractivity contribution is 7.87. The van der Waals surface area contributed by atoms with Crippen LogP contribution in [-0.2, 0) is 14.3 Å². The Labute approximate surface area is 213 Å². The summed E-state index contributed by atoms with van der Waals surface area (Å²) in [7, 11) is -1.25. The third-order valence-electron chi connectivity index (χ3n) is 5.80. The van der Waals surface area contributed by atoms with E-state index in [-0.39, 0.29) is 10.5 Å². The number of ether oxygens (including phenoxy) is 2. The molecule has 1 aromatic heterocycles. The fourth-order valence-corrected chi connectivity index (χ4v) is 5.11. The molecule has 0 fully saturated rings. The van der Waals surface area contributed by atoms with Gasteiger partial charge in [-0.2, -0.15) is 8.42 Å². The molecule has 0 aliphatic carbocycles. The number of rotatable bonds is 7. The lowest BCUT2D eigenvalue weighted by Crippen LogP contribution is -2.14. The Morgan fingerprint density at radius 2 is 1.62 bits per heavy atom. The lowest BCUT2D eigenvalue weighted by Gasteiger charge is -2.09. The molecule has 0 unspecified atom stereocenters. The number of carbonyl (C=O) groups excluding carboxylic acids is 1. The van der Waals surface area contributed by atoms with Crippen molar-refractivity contribution in [1.82, 2.24) is 9.97 Å². The molecule has 0 bridgehead atoms. The van der Waals surface area contributed by atoms with Crippen LogP contribution in [0.5, 0.6) is 11.5 Å². The quantitative estimate of drug-likeness (QED) is 0.288. The van der Waals surface area contributed by atoms with Crippen LogP contribution in [-0.4, -0.2) is 38.6 Å². The van der Waals surface area contributed by atoms with E-state index in [1.807, 2.05) is 18.2 Å². The third kappa shape index (κ3) is 4.76. The first-order valence-corrected chi connectivity index (χ1v) is 12.7. The largest absolute Gasteiger partial charge is 0.493 e. The highest BCUT2D eigenvalue weighted by Gasteiger charge is 2.25. The van der Waals surface area contributed by atoms with Gasteiger partial charge < -0.3 is 18.6 Å². The Kier molecular flexibility index (Phi) is 6.37. The van der Waals surface area contributed by atoms with E-state index in [1.54, 1.807) is 74.9 Å². The second-order valence-electron chi connectivity index (χ2n) is 8.07. The Balaban J connectivity index is 1.44. The van der Waals surface area contributed by atoms with Gasteiger partial charge in [-0.1, -0.05) is 54.6 Å². The maximum atomic E-state index is 13.0. The van der Waals surface area contributed by atoms with Gasteiger partial charge in [-0.05, 0) is 47.4 Å². The van der Waals surface area contributed by atoms with E-state index >= 15 is 0 Å². The summed E-state index contributed by atoms with van der Waals surface area (Å²) in [6, 6.07) is 22.1. The average Bonchev–Trinajstić information content (AvgIpc) is 3.34. The number of hydrogen-bond donors (Lipinski definition) is 1. The van der Waals surface area contributed by atoms with Crippen molar-refractivity contribution < 1.29 is 26.9 Å². The molecule has 0 amide bonds. The summed E-state index contributed by atoms with van der Waals surface area (Å²) < 4.78 is 41.7. The van der Waals surface area contributed by atoms with Crippen molar-refractivity contribution in [1.29, 1.82) is 0 Å². The van der Waals surface area contributed by atoms with Gasteiger partial charge in [0, 0.05) is 5.39 Å². The van der Waals surface area contributed by atoms with Crippen LogP contribution >= 0.6 is 0 Å². The zero-order valence-electron chi connectivity index (χ0n) is 20.0. The van der Waals surface area contributed by atoms with Crippen LogP contribution in [0.3, 0.4) is 0 Å². The number of nitrogens with one attached hydrogen (secondary N) is 1. The molecular weight excluding hydrogens is 492 g/mol. The van der Waals surface area contributed by atoms with Crippen molar-refractivity contribution in [2.75, 3.05) is 14.2 Å². The van der Waals surface area contributed by atoms with Gasteiger partial charge in [0.15, 0.2) is 11.5 Å². The van der Waals surface area contributed by atoms with Crippen molar-refractivity contribution in [3.63, 3.8) is 0 Å². The first-order chi connectivity index (χ1) is 17.9. The molecule has 0 aliphatic rings. The van der Waals surface area contributed by atoms with Crippen molar-refractivity contribution in [2.24, 2.45) is 0 Å². The number of fused-ring (bicyclic) bond motifs is 2. The topological polar surface area (TPSA) is 108 Å². The van der Waals surface area contributed by atoms with Gasteiger partial charge in [0.05, 0.1) is 25.3 Å². The number of aromatic nitrogens is 2. The van der Waals surface area contributed by atoms with E-state index in [9.17, 15) is 13.2 Å².